The molecule has 1 fully saturated rings. The smallest absolute Gasteiger partial charge is 0.228 e. The van der Waals surface area contributed by atoms with Crippen molar-refractivity contribution in [2.24, 2.45) is 0 Å². The maximum atomic E-state index is 12.4. The molecule has 1 aliphatic heterocycles. The van der Waals surface area contributed by atoms with Crippen LogP contribution in [0.2, 0.25) is 0 Å². The van der Waals surface area contributed by atoms with Gasteiger partial charge in [-0.15, -0.1) is 0 Å². The molecule has 3 heterocycles. The van der Waals surface area contributed by atoms with Crippen molar-refractivity contribution >= 4 is 17.4 Å². The Balaban J connectivity index is 1.34. The third-order valence-corrected chi connectivity index (χ3v) is 5.26. The highest BCUT2D eigenvalue weighted by Crippen LogP contribution is 2.21. The quantitative estimate of drug-likeness (QED) is 0.695. The van der Waals surface area contributed by atoms with Gasteiger partial charge in [0, 0.05) is 25.0 Å². The van der Waals surface area contributed by atoms with Crippen LogP contribution in [0, 0.1) is 6.92 Å². The minimum Gasteiger partial charge on any atom is -0.357 e. The van der Waals surface area contributed by atoms with Gasteiger partial charge in [0.25, 0.3) is 0 Å². The largest absolute Gasteiger partial charge is 0.357 e. The van der Waals surface area contributed by atoms with Crippen LogP contribution < -0.4 is 10.2 Å². The van der Waals surface area contributed by atoms with Gasteiger partial charge < -0.3 is 10.2 Å². The van der Waals surface area contributed by atoms with Crippen molar-refractivity contribution in [2.45, 2.75) is 32.6 Å². The highest BCUT2D eigenvalue weighted by Gasteiger charge is 2.12. The van der Waals surface area contributed by atoms with E-state index in [4.69, 9.17) is 0 Å². The van der Waals surface area contributed by atoms with E-state index in [9.17, 15) is 4.79 Å². The lowest BCUT2D eigenvalue weighted by molar-refractivity contribution is -0.115. The first-order chi connectivity index (χ1) is 14.2. The number of carbonyl (C=O) groups excluding carboxylic acids is 1. The Bertz CT molecular complexity index is 961. The molecule has 0 unspecified atom stereocenters. The Hall–Kier alpha value is -3.21. The third kappa shape index (κ3) is 4.99. The summed E-state index contributed by atoms with van der Waals surface area (Å²) in [7, 11) is 0. The van der Waals surface area contributed by atoms with Gasteiger partial charge in [0.15, 0.2) is 0 Å². The van der Waals surface area contributed by atoms with Crippen LogP contribution in [0.25, 0.3) is 11.1 Å². The molecule has 5 nitrogen and oxygen atoms in total. The molecule has 0 atom stereocenters. The van der Waals surface area contributed by atoms with Crippen LogP contribution in [-0.4, -0.2) is 29.0 Å². The summed E-state index contributed by atoms with van der Waals surface area (Å²) in [5.41, 5.74) is 4.96. The highest BCUT2D eigenvalue weighted by atomic mass is 16.1. The van der Waals surface area contributed by atoms with E-state index in [1.54, 1.807) is 6.20 Å². The third-order valence-electron chi connectivity index (χ3n) is 5.26. The van der Waals surface area contributed by atoms with Crippen LogP contribution in [-0.2, 0) is 11.2 Å². The van der Waals surface area contributed by atoms with E-state index in [2.05, 4.69) is 26.3 Å². The zero-order valence-electron chi connectivity index (χ0n) is 16.8. The summed E-state index contributed by atoms with van der Waals surface area (Å²) in [4.78, 5) is 23.5. The molecule has 1 amide bonds. The molecule has 1 aliphatic rings. The number of nitrogens with one attached hydrogen (secondary N) is 1. The first-order valence-corrected chi connectivity index (χ1v) is 10.2. The maximum absolute atomic E-state index is 12.4. The molecule has 0 bridgehead atoms. The topological polar surface area (TPSA) is 58.1 Å². The summed E-state index contributed by atoms with van der Waals surface area (Å²) in [6.07, 6.45) is 7.64. The van der Waals surface area contributed by atoms with Gasteiger partial charge in [0.2, 0.25) is 5.91 Å². The number of hydrogen-bond donors (Lipinski definition) is 1. The molecule has 0 radical (unpaired) electrons. The SMILES string of the molecule is Cc1cc(-c2ccc(CC(=O)Nc3ccc(N4CCCCC4)nc3)cc2)ccn1. The first kappa shape index (κ1) is 19.1. The van der Waals surface area contributed by atoms with Gasteiger partial charge in [0.1, 0.15) is 5.82 Å². The Labute approximate surface area is 171 Å². The standard InChI is InChI=1S/C24H26N4O/c1-18-15-21(11-12-25-18)20-7-5-19(6-8-20)16-24(29)27-22-9-10-23(26-17-22)28-13-3-2-4-14-28/h5-12,15,17H,2-4,13-14,16H2,1H3,(H,27,29). The van der Waals surface area contributed by atoms with Crippen molar-refractivity contribution in [1.82, 2.24) is 9.97 Å². The van der Waals surface area contributed by atoms with Gasteiger partial charge in [-0.25, -0.2) is 4.98 Å². The van der Waals surface area contributed by atoms with Crippen LogP contribution in [0.1, 0.15) is 30.5 Å². The number of amides is 1. The Morgan fingerprint density at radius 3 is 2.45 bits per heavy atom. The number of anilines is 2. The highest BCUT2D eigenvalue weighted by molar-refractivity contribution is 5.92. The second-order valence-electron chi connectivity index (χ2n) is 7.56. The van der Waals surface area contributed by atoms with Crippen molar-refractivity contribution < 1.29 is 4.79 Å². The molecule has 0 saturated carbocycles. The van der Waals surface area contributed by atoms with E-state index < -0.39 is 0 Å². The van der Waals surface area contributed by atoms with E-state index in [-0.39, 0.29) is 5.91 Å². The number of rotatable bonds is 5. The fraction of sp³-hybridized carbons (Fsp3) is 0.292. The van der Waals surface area contributed by atoms with E-state index in [0.29, 0.717) is 6.42 Å². The Kier molecular flexibility index (Phi) is 5.84. The molecular weight excluding hydrogens is 360 g/mol. The van der Waals surface area contributed by atoms with Crippen LogP contribution in [0.3, 0.4) is 0 Å². The summed E-state index contributed by atoms with van der Waals surface area (Å²) in [6, 6.07) is 16.1. The number of pyridine rings is 2. The normalized spacial score (nSPS) is 13.9. The summed E-state index contributed by atoms with van der Waals surface area (Å²) in [5, 5.41) is 2.95. The molecule has 3 aromatic rings. The van der Waals surface area contributed by atoms with E-state index in [1.165, 1.54) is 19.3 Å². The lowest BCUT2D eigenvalue weighted by Crippen LogP contribution is -2.30. The predicted octanol–water partition coefficient (Wildman–Crippen LogP) is 4.62. The summed E-state index contributed by atoms with van der Waals surface area (Å²) in [6.45, 7) is 4.11. The average molecular weight is 386 g/mol. The van der Waals surface area contributed by atoms with Crippen LogP contribution >= 0.6 is 0 Å². The summed E-state index contributed by atoms with van der Waals surface area (Å²) in [5.74, 6) is 0.953. The fourth-order valence-electron chi connectivity index (χ4n) is 3.70. The number of carbonyl (C=O) groups is 1. The van der Waals surface area contributed by atoms with Crippen LogP contribution in [0.4, 0.5) is 11.5 Å². The van der Waals surface area contributed by atoms with Crippen molar-refractivity contribution in [1.29, 1.82) is 0 Å². The van der Waals surface area contributed by atoms with Crippen LogP contribution in [0.15, 0.2) is 60.9 Å². The van der Waals surface area contributed by atoms with Gasteiger partial charge >= 0.3 is 0 Å². The molecule has 1 aromatic carbocycles. The number of nitrogens with zero attached hydrogens (tertiary/aromatic N) is 3. The van der Waals surface area contributed by atoms with E-state index in [0.717, 1.165) is 47.0 Å². The van der Waals surface area contributed by atoms with Crippen molar-refractivity contribution in [2.75, 3.05) is 23.3 Å². The monoisotopic (exact) mass is 386 g/mol. The van der Waals surface area contributed by atoms with E-state index >= 15 is 0 Å². The van der Waals surface area contributed by atoms with E-state index in [1.807, 2.05) is 55.6 Å². The molecule has 0 aliphatic carbocycles. The molecule has 1 saturated heterocycles. The minimum atomic E-state index is -0.0370. The van der Waals surface area contributed by atoms with Crippen LogP contribution in [0.5, 0.6) is 0 Å². The number of hydrogen-bond acceptors (Lipinski definition) is 4. The molecule has 29 heavy (non-hydrogen) atoms. The second-order valence-corrected chi connectivity index (χ2v) is 7.56. The summed E-state index contributed by atoms with van der Waals surface area (Å²) < 4.78 is 0. The maximum Gasteiger partial charge on any atom is 0.228 e. The molecule has 2 aromatic heterocycles. The average Bonchev–Trinajstić information content (AvgIpc) is 2.75. The van der Waals surface area contributed by atoms with Gasteiger partial charge in [-0.3, -0.25) is 9.78 Å². The van der Waals surface area contributed by atoms with Gasteiger partial charge in [0.05, 0.1) is 18.3 Å². The molecular formula is C24H26N4O. The molecule has 5 heteroatoms. The Morgan fingerprint density at radius 1 is 0.966 bits per heavy atom. The van der Waals surface area contributed by atoms with Crippen molar-refractivity contribution in [3.8, 4) is 11.1 Å². The Morgan fingerprint density at radius 2 is 1.76 bits per heavy atom. The second kappa shape index (κ2) is 8.86. The van der Waals surface area contributed by atoms with Gasteiger partial charge in [-0.2, -0.15) is 0 Å². The lowest BCUT2D eigenvalue weighted by Gasteiger charge is -2.27. The zero-order valence-corrected chi connectivity index (χ0v) is 16.8. The molecule has 4 rings (SSSR count). The summed E-state index contributed by atoms with van der Waals surface area (Å²) >= 11 is 0. The van der Waals surface area contributed by atoms with Crippen molar-refractivity contribution in [3.63, 3.8) is 0 Å². The van der Waals surface area contributed by atoms with Gasteiger partial charge in [-0.1, -0.05) is 24.3 Å². The fourth-order valence-corrected chi connectivity index (χ4v) is 3.70. The predicted molar refractivity (Wildman–Crippen MR) is 117 cm³/mol. The number of aromatic nitrogens is 2. The minimum absolute atomic E-state index is 0.0370. The molecule has 1 N–H and O–H groups in total. The molecule has 148 valence electrons. The lowest BCUT2D eigenvalue weighted by atomic mass is 10.0. The number of aryl methyl sites for hydroxylation is 1. The van der Waals surface area contributed by atoms with Crippen molar-refractivity contribution in [3.05, 3.63) is 72.2 Å². The first-order valence-electron chi connectivity index (χ1n) is 10.2. The number of piperidine rings is 1. The molecule has 0 spiro atoms. The zero-order chi connectivity index (χ0) is 20.1. The van der Waals surface area contributed by atoms with Gasteiger partial charge in [-0.05, 0) is 67.1 Å². The number of benzene rings is 1.